The van der Waals surface area contributed by atoms with Crippen LogP contribution >= 0.6 is 0 Å². The highest BCUT2D eigenvalue weighted by molar-refractivity contribution is 5.45. The summed E-state index contributed by atoms with van der Waals surface area (Å²) in [6.45, 7) is 6.77. The van der Waals surface area contributed by atoms with Crippen LogP contribution in [0.15, 0.2) is 24.3 Å². The number of likely N-dealkylation sites (tertiary alicyclic amines) is 1. The van der Waals surface area contributed by atoms with E-state index in [1.165, 1.54) is 37.2 Å². The van der Waals surface area contributed by atoms with Crippen molar-refractivity contribution in [3.05, 3.63) is 29.8 Å². The Labute approximate surface area is 117 Å². The monoisotopic (exact) mass is 261 g/mol. The van der Waals surface area contributed by atoms with Crippen LogP contribution in [-0.2, 0) is 0 Å². The lowest BCUT2D eigenvalue weighted by Crippen LogP contribution is -2.46. The zero-order chi connectivity index (χ0) is 13.7. The van der Waals surface area contributed by atoms with Gasteiger partial charge in [0.1, 0.15) is 0 Å². The molecule has 3 nitrogen and oxygen atoms in total. The Morgan fingerprint density at radius 3 is 2.95 bits per heavy atom. The number of hydrogen-bond acceptors (Lipinski definition) is 3. The van der Waals surface area contributed by atoms with Gasteiger partial charge in [0, 0.05) is 31.4 Å². The maximum Gasteiger partial charge on any atom is 0.0343 e. The van der Waals surface area contributed by atoms with E-state index in [1.54, 1.807) is 0 Å². The molecule has 1 N–H and O–H groups in total. The Balaban J connectivity index is 1.73. The van der Waals surface area contributed by atoms with E-state index in [0.717, 1.165) is 19.1 Å². The summed E-state index contributed by atoms with van der Waals surface area (Å²) < 4.78 is 0. The van der Waals surface area contributed by atoms with Crippen molar-refractivity contribution in [3.63, 3.8) is 0 Å². The maximum atomic E-state index is 3.52. The zero-order valence-corrected chi connectivity index (χ0v) is 12.5. The highest BCUT2D eigenvalue weighted by Gasteiger charge is 2.20. The van der Waals surface area contributed by atoms with Gasteiger partial charge in [-0.25, -0.2) is 0 Å². The SMILES string of the molecule is Cc1cccc(NCCN2CCCC(N(C)C)C2)c1. The van der Waals surface area contributed by atoms with Crippen molar-refractivity contribution < 1.29 is 0 Å². The molecule has 1 aliphatic heterocycles. The largest absolute Gasteiger partial charge is 0.384 e. The predicted molar refractivity (Wildman–Crippen MR) is 82.8 cm³/mol. The number of anilines is 1. The third kappa shape index (κ3) is 4.51. The number of likely N-dealkylation sites (N-methyl/N-ethyl adjacent to an activating group) is 1. The van der Waals surface area contributed by atoms with Crippen molar-refractivity contribution in [1.82, 2.24) is 9.80 Å². The Hall–Kier alpha value is -1.06. The summed E-state index contributed by atoms with van der Waals surface area (Å²) in [5, 5.41) is 3.52. The second-order valence-corrected chi connectivity index (χ2v) is 5.86. The minimum absolute atomic E-state index is 0.729. The van der Waals surface area contributed by atoms with Crippen molar-refractivity contribution in [2.45, 2.75) is 25.8 Å². The van der Waals surface area contributed by atoms with Crippen LogP contribution in [0, 0.1) is 6.92 Å². The summed E-state index contributed by atoms with van der Waals surface area (Å²) >= 11 is 0. The van der Waals surface area contributed by atoms with Crippen molar-refractivity contribution in [2.75, 3.05) is 45.6 Å². The van der Waals surface area contributed by atoms with E-state index >= 15 is 0 Å². The third-order valence-corrected chi connectivity index (χ3v) is 3.99. The molecule has 0 saturated carbocycles. The molecule has 1 aromatic carbocycles. The number of piperidine rings is 1. The number of aryl methyl sites for hydroxylation is 1. The Bertz CT molecular complexity index is 389. The second kappa shape index (κ2) is 6.92. The van der Waals surface area contributed by atoms with E-state index < -0.39 is 0 Å². The first-order valence-electron chi connectivity index (χ1n) is 7.34. The minimum Gasteiger partial charge on any atom is -0.384 e. The maximum absolute atomic E-state index is 3.52. The molecule has 1 fully saturated rings. The van der Waals surface area contributed by atoms with E-state index in [9.17, 15) is 0 Å². The Kier molecular flexibility index (Phi) is 5.23. The van der Waals surface area contributed by atoms with Crippen molar-refractivity contribution >= 4 is 5.69 Å². The first-order valence-corrected chi connectivity index (χ1v) is 7.34. The highest BCUT2D eigenvalue weighted by Crippen LogP contribution is 2.14. The zero-order valence-electron chi connectivity index (χ0n) is 12.5. The highest BCUT2D eigenvalue weighted by atomic mass is 15.2. The fraction of sp³-hybridized carbons (Fsp3) is 0.625. The second-order valence-electron chi connectivity index (χ2n) is 5.86. The molecule has 1 aromatic rings. The van der Waals surface area contributed by atoms with Crippen LogP contribution in [0.5, 0.6) is 0 Å². The molecule has 1 atom stereocenters. The van der Waals surface area contributed by atoms with Crippen LogP contribution in [0.2, 0.25) is 0 Å². The summed E-state index contributed by atoms with van der Waals surface area (Å²) in [7, 11) is 4.39. The van der Waals surface area contributed by atoms with Gasteiger partial charge < -0.3 is 15.1 Å². The van der Waals surface area contributed by atoms with E-state index in [1.807, 2.05) is 0 Å². The first-order chi connectivity index (χ1) is 9.15. The fourth-order valence-electron chi connectivity index (χ4n) is 2.77. The summed E-state index contributed by atoms with van der Waals surface area (Å²) in [4.78, 5) is 4.94. The summed E-state index contributed by atoms with van der Waals surface area (Å²) in [5.74, 6) is 0. The molecule has 2 rings (SSSR count). The van der Waals surface area contributed by atoms with Gasteiger partial charge in [0.2, 0.25) is 0 Å². The summed E-state index contributed by atoms with van der Waals surface area (Å²) in [6.07, 6.45) is 2.67. The van der Waals surface area contributed by atoms with Crippen molar-refractivity contribution in [1.29, 1.82) is 0 Å². The third-order valence-electron chi connectivity index (χ3n) is 3.99. The number of nitrogens with one attached hydrogen (secondary N) is 1. The molecule has 106 valence electrons. The Morgan fingerprint density at radius 1 is 1.37 bits per heavy atom. The standard InChI is InChI=1S/C16H27N3/c1-14-6-4-7-15(12-14)17-9-11-19-10-5-8-16(13-19)18(2)3/h4,6-7,12,16-17H,5,8-11,13H2,1-3H3. The molecule has 0 radical (unpaired) electrons. The van der Waals surface area contributed by atoms with Crippen LogP contribution in [0.1, 0.15) is 18.4 Å². The van der Waals surface area contributed by atoms with Gasteiger partial charge in [-0.15, -0.1) is 0 Å². The molecular weight excluding hydrogens is 234 g/mol. The molecule has 0 spiro atoms. The molecule has 1 aliphatic rings. The number of benzene rings is 1. The molecule has 19 heavy (non-hydrogen) atoms. The molecule has 1 saturated heterocycles. The molecule has 0 bridgehead atoms. The van der Waals surface area contributed by atoms with Gasteiger partial charge in [-0.2, -0.15) is 0 Å². The van der Waals surface area contributed by atoms with Crippen LogP contribution in [0.4, 0.5) is 5.69 Å². The van der Waals surface area contributed by atoms with Crippen LogP contribution in [-0.4, -0.2) is 56.1 Å². The predicted octanol–water partition coefficient (Wildman–Crippen LogP) is 2.43. The molecule has 3 heteroatoms. The summed E-state index contributed by atoms with van der Waals surface area (Å²) in [5.41, 5.74) is 2.55. The number of hydrogen-bond donors (Lipinski definition) is 1. The van der Waals surface area contributed by atoms with Gasteiger partial charge in [-0.1, -0.05) is 12.1 Å². The van der Waals surface area contributed by atoms with Gasteiger partial charge in [-0.05, 0) is 58.1 Å². The average Bonchev–Trinajstić information content (AvgIpc) is 2.39. The Morgan fingerprint density at radius 2 is 2.21 bits per heavy atom. The average molecular weight is 261 g/mol. The van der Waals surface area contributed by atoms with Crippen LogP contribution < -0.4 is 5.32 Å². The molecule has 1 unspecified atom stereocenters. The van der Waals surface area contributed by atoms with Gasteiger partial charge in [0.05, 0.1) is 0 Å². The normalized spacial score (nSPS) is 20.7. The molecule has 0 amide bonds. The van der Waals surface area contributed by atoms with Gasteiger partial charge in [0.15, 0.2) is 0 Å². The smallest absolute Gasteiger partial charge is 0.0343 e. The molecule has 0 aromatic heterocycles. The summed E-state index contributed by atoms with van der Waals surface area (Å²) in [6, 6.07) is 9.33. The van der Waals surface area contributed by atoms with Gasteiger partial charge in [-0.3, -0.25) is 0 Å². The minimum atomic E-state index is 0.729. The number of rotatable bonds is 5. The lowest BCUT2D eigenvalue weighted by atomic mass is 10.1. The van der Waals surface area contributed by atoms with E-state index in [-0.39, 0.29) is 0 Å². The lowest BCUT2D eigenvalue weighted by Gasteiger charge is -2.36. The van der Waals surface area contributed by atoms with E-state index in [0.29, 0.717) is 0 Å². The number of nitrogens with zero attached hydrogens (tertiary/aromatic N) is 2. The quantitative estimate of drug-likeness (QED) is 0.878. The fourth-order valence-corrected chi connectivity index (χ4v) is 2.77. The van der Waals surface area contributed by atoms with Crippen LogP contribution in [0.3, 0.4) is 0 Å². The van der Waals surface area contributed by atoms with Crippen LogP contribution in [0.25, 0.3) is 0 Å². The van der Waals surface area contributed by atoms with Gasteiger partial charge in [0.25, 0.3) is 0 Å². The molecular formula is C16H27N3. The van der Waals surface area contributed by atoms with E-state index in [4.69, 9.17) is 0 Å². The van der Waals surface area contributed by atoms with Crippen molar-refractivity contribution in [3.8, 4) is 0 Å². The van der Waals surface area contributed by atoms with E-state index in [2.05, 4.69) is 60.4 Å². The molecule has 0 aliphatic carbocycles. The molecule has 1 heterocycles. The lowest BCUT2D eigenvalue weighted by molar-refractivity contribution is 0.137. The van der Waals surface area contributed by atoms with Crippen molar-refractivity contribution in [2.24, 2.45) is 0 Å². The van der Waals surface area contributed by atoms with Gasteiger partial charge >= 0.3 is 0 Å². The topological polar surface area (TPSA) is 18.5 Å². The first kappa shape index (κ1) is 14.4.